The van der Waals surface area contributed by atoms with Crippen LogP contribution in [0.1, 0.15) is 19.3 Å². The highest BCUT2D eigenvalue weighted by atomic mass is 16.5. The van der Waals surface area contributed by atoms with Crippen molar-refractivity contribution in [2.45, 2.75) is 19.3 Å². The highest BCUT2D eigenvalue weighted by molar-refractivity contribution is 5.69. The van der Waals surface area contributed by atoms with Gasteiger partial charge in [0.25, 0.3) is 0 Å². The summed E-state index contributed by atoms with van der Waals surface area (Å²) in [6.07, 6.45) is 7.24. The van der Waals surface area contributed by atoms with E-state index in [1.807, 2.05) is 12.2 Å². The summed E-state index contributed by atoms with van der Waals surface area (Å²) in [5, 5.41) is 0. The van der Waals surface area contributed by atoms with Crippen LogP contribution in [-0.4, -0.2) is 12.6 Å². The van der Waals surface area contributed by atoms with Gasteiger partial charge in [-0.15, -0.1) is 13.2 Å². The van der Waals surface area contributed by atoms with Gasteiger partial charge in [0.15, 0.2) is 0 Å². The quantitative estimate of drug-likeness (QED) is 0.438. The first-order valence-electron chi connectivity index (χ1n) is 4.72. The monoisotopic (exact) mass is 194 g/mol. The van der Waals surface area contributed by atoms with E-state index in [4.69, 9.17) is 4.74 Å². The Morgan fingerprint density at radius 1 is 1.14 bits per heavy atom. The molecule has 0 amide bonds. The minimum atomic E-state index is -0.182. The lowest BCUT2D eigenvalue weighted by atomic mass is 9.98. The van der Waals surface area contributed by atoms with E-state index < -0.39 is 0 Å². The zero-order valence-corrected chi connectivity index (χ0v) is 8.58. The average molecular weight is 194 g/mol. The summed E-state index contributed by atoms with van der Waals surface area (Å²) in [6.45, 7) is 11.1. The van der Waals surface area contributed by atoms with E-state index in [-0.39, 0.29) is 18.5 Å². The van der Waals surface area contributed by atoms with E-state index in [0.29, 0.717) is 6.42 Å². The molecule has 0 radical (unpaired) electrons. The van der Waals surface area contributed by atoms with Crippen LogP contribution >= 0.6 is 0 Å². The van der Waals surface area contributed by atoms with E-state index in [1.54, 1.807) is 6.08 Å². The van der Waals surface area contributed by atoms with Crippen LogP contribution in [0.5, 0.6) is 0 Å². The molecular formula is C12H18O2. The molecule has 0 rings (SSSR count). The van der Waals surface area contributed by atoms with Gasteiger partial charge in [-0.2, -0.15) is 0 Å². The van der Waals surface area contributed by atoms with Gasteiger partial charge in [0, 0.05) is 6.42 Å². The third-order valence-electron chi connectivity index (χ3n) is 1.82. The predicted molar refractivity (Wildman–Crippen MR) is 58.9 cm³/mol. The highest BCUT2D eigenvalue weighted by Gasteiger charge is 2.11. The molecule has 0 fully saturated rings. The number of ether oxygens (including phenoxy) is 1. The van der Waals surface area contributed by atoms with Crippen LogP contribution in [0.4, 0.5) is 0 Å². The molecule has 0 aromatic rings. The molecule has 0 aliphatic rings. The lowest BCUT2D eigenvalue weighted by Crippen LogP contribution is -2.11. The number of esters is 1. The van der Waals surface area contributed by atoms with Crippen molar-refractivity contribution < 1.29 is 9.53 Å². The van der Waals surface area contributed by atoms with Gasteiger partial charge in [-0.3, -0.25) is 4.79 Å². The van der Waals surface area contributed by atoms with Gasteiger partial charge < -0.3 is 4.74 Å². The smallest absolute Gasteiger partial charge is 0.306 e. The molecule has 0 unspecified atom stereocenters. The van der Waals surface area contributed by atoms with Crippen LogP contribution in [0.2, 0.25) is 0 Å². The van der Waals surface area contributed by atoms with Crippen LogP contribution in [-0.2, 0) is 9.53 Å². The van der Waals surface area contributed by atoms with Crippen molar-refractivity contribution in [3.8, 4) is 0 Å². The van der Waals surface area contributed by atoms with Crippen molar-refractivity contribution in [3.05, 3.63) is 38.0 Å². The van der Waals surface area contributed by atoms with Crippen LogP contribution < -0.4 is 0 Å². The van der Waals surface area contributed by atoms with Gasteiger partial charge in [-0.05, 0) is 18.8 Å². The van der Waals surface area contributed by atoms with Gasteiger partial charge in [0.05, 0.1) is 0 Å². The third-order valence-corrected chi connectivity index (χ3v) is 1.82. The number of hydrogen-bond donors (Lipinski definition) is 0. The molecule has 0 N–H and O–H groups in total. The zero-order chi connectivity index (χ0) is 10.8. The van der Waals surface area contributed by atoms with Crippen LogP contribution in [0.25, 0.3) is 0 Å². The first-order valence-corrected chi connectivity index (χ1v) is 4.72. The summed E-state index contributed by atoms with van der Waals surface area (Å²) < 4.78 is 4.89. The largest absolute Gasteiger partial charge is 0.461 e. The molecule has 0 bridgehead atoms. The maximum absolute atomic E-state index is 11.2. The van der Waals surface area contributed by atoms with E-state index in [9.17, 15) is 4.79 Å². The second-order valence-electron chi connectivity index (χ2n) is 3.09. The number of rotatable bonds is 8. The van der Waals surface area contributed by atoms with Crippen LogP contribution in [0, 0.1) is 5.92 Å². The molecule has 0 aromatic heterocycles. The molecule has 0 aliphatic heterocycles. The molecule has 2 nitrogen and oxygen atoms in total. The normalized spacial score (nSPS) is 9.50. The number of carbonyl (C=O) groups is 1. The number of carbonyl (C=O) groups excluding carboxylic acids is 1. The number of allylic oxidation sites excluding steroid dienone is 2. The summed E-state index contributed by atoms with van der Waals surface area (Å²) >= 11 is 0. The van der Waals surface area contributed by atoms with Gasteiger partial charge in [-0.25, -0.2) is 0 Å². The van der Waals surface area contributed by atoms with Crippen molar-refractivity contribution in [1.82, 2.24) is 0 Å². The Bertz CT molecular complexity index is 196. The summed E-state index contributed by atoms with van der Waals surface area (Å²) in [6, 6.07) is 0. The minimum Gasteiger partial charge on any atom is -0.461 e. The lowest BCUT2D eigenvalue weighted by Gasteiger charge is -2.11. The van der Waals surface area contributed by atoms with Crippen molar-refractivity contribution in [2.24, 2.45) is 5.92 Å². The molecular weight excluding hydrogens is 176 g/mol. The summed E-state index contributed by atoms with van der Waals surface area (Å²) in [4.78, 5) is 11.2. The molecule has 0 saturated heterocycles. The van der Waals surface area contributed by atoms with Crippen molar-refractivity contribution in [1.29, 1.82) is 0 Å². The third kappa shape index (κ3) is 6.23. The Balaban J connectivity index is 3.87. The Morgan fingerprint density at radius 2 is 1.71 bits per heavy atom. The summed E-state index contributed by atoms with van der Waals surface area (Å²) in [5.74, 6) is 0.0842. The maximum atomic E-state index is 11.2. The van der Waals surface area contributed by atoms with Gasteiger partial charge >= 0.3 is 5.97 Å². The second kappa shape index (κ2) is 8.30. The fourth-order valence-electron chi connectivity index (χ4n) is 1.18. The molecule has 0 atom stereocenters. The van der Waals surface area contributed by atoms with Gasteiger partial charge in [0.2, 0.25) is 0 Å². The summed E-state index contributed by atoms with van der Waals surface area (Å²) in [7, 11) is 0. The van der Waals surface area contributed by atoms with Gasteiger partial charge in [-0.1, -0.05) is 24.8 Å². The Morgan fingerprint density at radius 3 is 2.14 bits per heavy atom. The molecule has 2 heteroatoms. The molecule has 0 aliphatic carbocycles. The second-order valence-corrected chi connectivity index (χ2v) is 3.09. The van der Waals surface area contributed by atoms with Gasteiger partial charge in [0.1, 0.15) is 6.61 Å². The zero-order valence-electron chi connectivity index (χ0n) is 8.58. The Kier molecular flexibility index (Phi) is 7.52. The van der Waals surface area contributed by atoms with E-state index in [1.165, 1.54) is 0 Å². The topological polar surface area (TPSA) is 26.3 Å². The van der Waals surface area contributed by atoms with Crippen LogP contribution in [0.15, 0.2) is 38.0 Å². The first-order chi connectivity index (χ1) is 6.74. The molecule has 0 aromatic carbocycles. The van der Waals surface area contributed by atoms with Crippen molar-refractivity contribution >= 4 is 5.97 Å². The molecule has 0 heterocycles. The van der Waals surface area contributed by atoms with E-state index >= 15 is 0 Å². The average Bonchev–Trinajstić information content (AvgIpc) is 2.15. The van der Waals surface area contributed by atoms with E-state index in [0.717, 1.165) is 12.8 Å². The standard InChI is InChI=1S/C12H18O2/c1-4-7-11(8-5-2)10-12(13)14-9-6-3/h4-6,11H,1-3,7-10H2. The number of hydrogen-bond acceptors (Lipinski definition) is 2. The Labute approximate surface area is 86.0 Å². The molecule has 78 valence electrons. The Hall–Kier alpha value is -1.31. The highest BCUT2D eigenvalue weighted by Crippen LogP contribution is 2.15. The fraction of sp³-hybridized carbons (Fsp3) is 0.417. The lowest BCUT2D eigenvalue weighted by molar-refractivity contribution is -0.143. The molecule has 0 saturated carbocycles. The predicted octanol–water partition coefficient (Wildman–Crippen LogP) is 2.87. The van der Waals surface area contributed by atoms with Crippen LogP contribution in [0.3, 0.4) is 0 Å². The summed E-state index contributed by atoms with van der Waals surface area (Å²) in [5.41, 5.74) is 0. The SMILES string of the molecule is C=CCOC(=O)CC(CC=C)CC=C. The minimum absolute atomic E-state index is 0.182. The van der Waals surface area contributed by atoms with Crippen molar-refractivity contribution in [3.63, 3.8) is 0 Å². The molecule has 0 spiro atoms. The first kappa shape index (κ1) is 12.7. The fourth-order valence-corrected chi connectivity index (χ4v) is 1.18. The maximum Gasteiger partial charge on any atom is 0.306 e. The van der Waals surface area contributed by atoms with Crippen molar-refractivity contribution in [2.75, 3.05) is 6.61 Å². The molecule has 14 heavy (non-hydrogen) atoms. The van der Waals surface area contributed by atoms with E-state index in [2.05, 4.69) is 19.7 Å².